The number of halogens is 2. The largest absolute Gasteiger partial charge is 0.287 e. The van der Waals surface area contributed by atoms with Crippen molar-refractivity contribution in [2.75, 3.05) is 0 Å². The number of carbonyl (C=O) groups is 2. The molecule has 0 fully saturated rings. The van der Waals surface area contributed by atoms with Crippen LogP contribution in [0.25, 0.3) is 44.3 Å². The Morgan fingerprint density at radius 2 is 1.16 bits per heavy atom. The zero-order valence-corrected chi connectivity index (χ0v) is 27.6. The molecule has 6 heteroatoms. The summed E-state index contributed by atoms with van der Waals surface area (Å²) in [5.41, 5.74) is 9.25. The fraction of sp³-hybridized carbons (Fsp3) is 0.179. The van der Waals surface area contributed by atoms with Crippen molar-refractivity contribution in [3.8, 4) is 22.5 Å². The van der Waals surface area contributed by atoms with Crippen molar-refractivity contribution in [1.82, 2.24) is 9.97 Å². The third-order valence-corrected chi connectivity index (χ3v) is 10.5. The van der Waals surface area contributed by atoms with Crippen LogP contribution in [0.3, 0.4) is 0 Å². The molecule has 2 heterocycles. The standard InChI is InChI=1S/C39H28Br2N2O2/c40-34(44)22-38(21-26-11-1-4-12-27(26)36-30(38)19-24-9-2-7-15-32(24)42-36)17-18-39(23-35(41)45)29-14-6-5-13-28(29)37-31(39)20-25-10-3-8-16-33(25)43-37/h1-16,19-20H,17-18,21-23H2. The van der Waals surface area contributed by atoms with Crippen molar-refractivity contribution >= 4 is 63.1 Å². The minimum Gasteiger partial charge on any atom is -0.287 e. The van der Waals surface area contributed by atoms with Crippen LogP contribution < -0.4 is 0 Å². The molecule has 2 unspecified atom stereocenters. The van der Waals surface area contributed by atoms with Gasteiger partial charge in [0.25, 0.3) is 0 Å². The molecular weight excluding hydrogens is 688 g/mol. The van der Waals surface area contributed by atoms with Crippen LogP contribution in [0.5, 0.6) is 0 Å². The number of aromatic nitrogens is 2. The number of hydrogen-bond acceptors (Lipinski definition) is 4. The van der Waals surface area contributed by atoms with Gasteiger partial charge < -0.3 is 0 Å². The predicted octanol–water partition coefficient (Wildman–Crippen LogP) is 9.61. The first kappa shape index (κ1) is 28.5. The molecule has 0 saturated carbocycles. The summed E-state index contributed by atoms with van der Waals surface area (Å²) in [5, 5.41) is 2.10. The van der Waals surface area contributed by atoms with E-state index < -0.39 is 10.8 Å². The van der Waals surface area contributed by atoms with Crippen molar-refractivity contribution in [3.63, 3.8) is 0 Å². The number of pyridine rings is 2. The molecule has 4 aromatic carbocycles. The second-order valence-corrected chi connectivity index (χ2v) is 14.2. The van der Waals surface area contributed by atoms with Crippen LogP contribution in [-0.2, 0) is 26.8 Å². The van der Waals surface area contributed by atoms with E-state index in [1.54, 1.807) is 0 Å². The van der Waals surface area contributed by atoms with Gasteiger partial charge in [0.05, 0.1) is 22.4 Å². The van der Waals surface area contributed by atoms with Crippen LogP contribution in [0.4, 0.5) is 0 Å². The summed E-state index contributed by atoms with van der Waals surface area (Å²) in [6, 6.07) is 37.6. The summed E-state index contributed by atoms with van der Waals surface area (Å²) in [6.07, 6.45) is 2.64. The Morgan fingerprint density at radius 3 is 1.84 bits per heavy atom. The molecule has 2 aromatic heterocycles. The third kappa shape index (κ3) is 4.60. The number of hydrogen-bond donors (Lipinski definition) is 0. The number of benzene rings is 4. The van der Waals surface area contributed by atoms with Gasteiger partial charge in [-0.15, -0.1) is 0 Å². The summed E-state index contributed by atoms with van der Waals surface area (Å²) < 4.78 is -0.0857. The fourth-order valence-corrected chi connectivity index (χ4v) is 9.02. The molecule has 2 aliphatic carbocycles. The van der Waals surface area contributed by atoms with E-state index in [2.05, 4.69) is 98.6 Å². The second kappa shape index (κ2) is 10.8. The van der Waals surface area contributed by atoms with Crippen molar-refractivity contribution in [2.24, 2.45) is 0 Å². The first-order chi connectivity index (χ1) is 21.9. The van der Waals surface area contributed by atoms with Gasteiger partial charge >= 0.3 is 0 Å². The molecule has 4 nitrogen and oxygen atoms in total. The van der Waals surface area contributed by atoms with E-state index in [1.807, 2.05) is 42.5 Å². The van der Waals surface area contributed by atoms with Gasteiger partial charge in [-0.25, -0.2) is 9.97 Å². The maximum atomic E-state index is 13.1. The number of carbonyl (C=O) groups excluding carboxylic acids is 2. The second-order valence-electron chi connectivity index (χ2n) is 12.5. The van der Waals surface area contributed by atoms with E-state index in [0.29, 0.717) is 25.7 Å². The van der Waals surface area contributed by atoms with Crippen LogP contribution in [0.2, 0.25) is 0 Å². The zero-order valence-electron chi connectivity index (χ0n) is 24.4. The molecular formula is C39H28Br2N2O2. The van der Waals surface area contributed by atoms with E-state index in [4.69, 9.17) is 9.97 Å². The summed E-state index contributed by atoms with van der Waals surface area (Å²) in [7, 11) is 0. The Balaban J connectivity index is 1.34. The van der Waals surface area contributed by atoms with E-state index in [0.717, 1.165) is 61.0 Å². The van der Waals surface area contributed by atoms with Crippen LogP contribution >= 0.6 is 31.9 Å². The molecule has 0 N–H and O–H groups in total. The predicted molar refractivity (Wildman–Crippen MR) is 187 cm³/mol. The highest BCUT2D eigenvalue weighted by Crippen LogP contribution is 2.56. The van der Waals surface area contributed by atoms with E-state index >= 15 is 0 Å². The summed E-state index contributed by atoms with van der Waals surface area (Å²) in [5.74, 6) is 0. The Hall–Kier alpha value is -4.00. The molecule has 0 radical (unpaired) electrons. The Morgan fingerprint density at radius 1 is 0.600 bits per heavy atom. The zero-order chi connectivity index (χ0) is 30.8. The number of fused-ring (bicyclic) bond motifs is 8. The SMILES string of the molecule is O=C(Br)CC1(CCC2(CC(=O)Br)c3ccccc3-c3nc4ccccc4cc32)Cc2ccccc2-c2nc3ccccc3cc21. The Kier molecular flexibility index (Phi) is 6.84. The smallest absolute Gasteiger partial charge is 0.199 e. The van der Waals surface area contributed by atoms with Crippen molar-refractivity contribution in [1.29, 1.82) is 0 Å². The van der Waals surface area contributed by atoms with E-state index in [-0.39, 0.29) is 15.8 Å². The molecule has 2 aliphatic rings. The molecule has 0 aliphatic heterocycles. The lowest BCUT2D eigenvalue weighted by Crippen LogP contribution is -2.38. The van der Waals surface area contributed by atoms with E-state index in [1.165, 1.54) is 5.56 Å². The Labute approximate surface area is 278 Å². The van der Waals surface area contributed by atoms with Gasteiger partial charge in [0, 0.05) is 45.6 Å². The van der Waals surface area contributed by atoms with Crippen LogP contribution in [0.15, 0.2) is 109 Å². The van der Waals surface area contributed by atoms with E-state index in [9.17, 15) is 9.59 Å². The Bertz CT molecular complexity index is 2190. The summed E-state index contributed by atoms with van der Waals surface area (Å²) in [6.45, 7) is 0. The van der Waals surface area contributed by atoms with Crippen molar-refractivity contribution in [3.05, 3.63) is 131 Å². The number of rotatable bonds is 7. The topological polar surface area (TPSA) is 59.9 Å². The molecule has 8 rings (SSSR count). The minimum atomic E-state index is -0.618. The molecule has 45 heavy (non-hydrogen) atoms. The average molecular weight is 716 g/mol. The molecule has 0 bridgehead atoms. The fourth-order valence-electron chi connectivity index (χ4n) is 8.00. The highest BCUT2D eigenvalue weighted by Gasteiger charge is 2.49. The molecule has 6 aromatic rings. The highest BCUT2D eigenvalue weighted by atomic mass is 79.9. The normalized spacial score (nSPS) is 19.5. The lowest BCUT2D eigenvalue weighted by molar-refractivity contribution is -0.112. The first-order valence-corrected chi connectivity index (χ1v) is 16.8. The molecule has 220 valence electrons. The molecule has 0 spiro atoms. The van der Waals surface area contributed by atoms with Gasteiger partial charge in [0.2, 0.25) is 0 Å². The summed E-state index contributed by atoms with van der Waals surface area (Å²) in [4.78, 5) is 36.6. The first-order valence-electron chi connectivity index (χ1n) is 15.2. The average Bonchev–Trinajstić information content (AvgIpc) is 3.30. The quantitative estimate of drug-likeness (QED) is 0.155. The molecule has 0 amide bonds. The maximum Gasteiger partial charge on any atom is 0.199 e. The van der Waals surface area contributed by atoms with Crippen LogP contribution in [0.1, 0.15) is 47.9 Å². The maximum absolute atomic E-state index is 13.1. The molecule has 0 saturated heterocycles. The van der Waals surface area contributed by atoms with Gasteiger partial charge in [0.15, 0.2) is 9.39 Å². The van der Waals surface area contributed by atoms with Crippen LogP contribution in [0, 0.1) is 0 Å². The highest BCUT2D eigenvalue weighted by molar-refractivity contribution is 9.18. The van der Waals surface area contributed by atoms with Crippen molar-refractivity contribution < 1.29 is 9.59 Å². The van der Waals surface area contributed by atoms with Gasteiger partial charge in [-0.2, -0.15) is 0 Å². The van der Waals surface area contributed by atoms with Crippen LogP contribution in [-0.4, -0.2) is 19.4 Å². The lowest BCUT2D eigenvalue weighted by Gasteiger charge is -2.42. The molecule has 2 atom stereocenters. The number of para-hydroxylation sites is 2. The van der Waals surface area contributed by atoms with Gasteiger partial charge in [-0.05, 0) is 97.6 Å². The monoisotopic (exact) mass is 714 g/mol. The van der Waals surface area contributed by atoms with Gasteiger partial charge in [-0.1, -0.05) is 84.9 Å². The lowest BCUT2D eigenvalue weighted by atomic mass is 9.61. The van der Waals surface area contributed by atoms with Crippen molar-refractivity contribution in [2.45, 2.75) is 42.9 Å². The third-order valence-electron chi connectivity index (χ3n) is 9.98. The van der Waals surface area contributed by atoms with Gasteiger partial charge in [0.1, 0.15) is 0 Å². The number of nitrogens with zero attached hydrogens (tertiary/aromatic N) is 2. The van der Waals surface area contributed by atoms with Gasteiger partial charge in [-0.3, -0.25) is 9.59 Å². The minimum absolute atomic E-state index is 0.0357. The summed E-state index contributed by atoms with van der Waals surface area (Å²) >= 11 is 6.68.